The molecule has 12 heteroatoms. The number of benzene rings is 2. The highest BCUT2D eigenvalue weighted by Crippen LogP contribution is 2.44. The minimum absolute atomic E-state index is 0.234. The fraction of sp³-hybridized carbons (Fsp3) is 0.238. The molecule has 5 atom stereocenters. The second-order valence-electron chi connectivity index (χ2n) is 7.27. The highest BCUT2D eigenvalue weighted by Gasteiger charge is 2.48. The van der Waals surface area contributed by atoms with E-state index in [-0.39, 0.29) is 11.3 Å². The normalized spacial score (nSPS) is 25.1. The van der Waals surface area contributed by atoms with Gasteiger partial charge < -0.3 is 49.6 Å². The van der Waals surface area contributed by atoms with Crippen molar-refractivity contribution >= 4 is 16.9 Å². The van der Waals surface area contributed by atoms with Crippen LogP contribution in [0.3, 0.4) is 0 Å². The van der Waals surface area contributed by atoms with E-state index in [2.05, 4.69) is 0 Å². The third-order valence-corrected chi connectivity index (χ3v) is 5.16. The first kappa shape index (κ1) is 22.4. The molecule has 0 saturated carbocycles. The third kappa shape index (κ3) is 3.70. The lowest BCUT2D eigenvalue weighted by atomic mass is 9.99. The van der Waals surface area contributed by atoms with Gasteiger partial charge in [-0.1, -0.05) is 30.3 Å². The minimum Gasteiger partial charge on any atom is -0.504 e. The van der Waals surface area contributed by atoms with E-state index < -0.39 is 70.5 Å². The highest BCUT2D eigenvalue weighted by molar-refractivity contribution is 5.91. The van der Waals surface area contributed by atoms with Crippen molar-refractivity contribution in [1.82, 2.24) is 0 Å². The Morgan fingerprint density at radius 3 is 2.21 bits per heavy atom. The average Bonchev–Trinajstić information content (AvgIpc) is 2.79. The van der Waals surface area contributed by atoms with Crippen molar-refractivity contribution in [1.29, 1.82) is 0 Å². The molecule has 1 saturated heterocycles. The molecule has 1 aliphatic heterocycles. The second kappa shape index (κ2) is 8.26. The summed E-state index contributed by atoms with van der Waals surface area (Å²) in [7, 11) is 0. The van der Waals surface area contributed by atoms with E-state index in [4.69, 9.17) is 19.0 Å². The van der Waals surface area contributed by atoms with Crippen LogP contribution in [-0.2, 0) is 9.53 Å². The van der Waals surface area contributed by atoms with E-state index >= 15 is 0 Å². The predicted octanol–water partition coefficient (Wildman–Crippen LogP) is -0.152. The minimum atomic E-state index is -1.97. The lowest BCUT2D eigenvalue weighted by molar-refractivity contribution is -0.271. The molecule has 0 radical (unpaired) electrons. The maximum Gasteiger partial charge on any atom is 0.335 e. The molecule has 1 aliphatic rings. The Morgan fingerprint density at radius 2 is 1.58 bits per heavy atom. The summed E-state index contributed by atoms with van der Waals surface area (Å²) in [5.41, 5.74) is -1.05. The number of hydrogen-bond donors (Lipinski definition) is 7. The van der Waals surface area contributed by atoms with Crippen molar-refractivity contribution in [3.8, 4) is 34.3 Å². The molecule has 0 aliphatic carbocycles. The van der Waals surface area contributed by atoms with Crippen LogP contribution in [-0.4, -0.2) is 72.4 Å². The molecule has 0 bridgehead atoms. The number of aliphatic hydroxyl groups excluding tert-OH is 3. The SMILES string of the molecule is O=C(O)[C@H]1OC(Oc2cc3oc(-c4ccccc4)c(O)c(=O)c3c(O)c2O)[C@H](O)[C@@H](O)[C@@H]1O. The van der Waals surface area contributed by atoms with Crippen molar-refractivity contribution in [2.24, 2.45) is 0 Å². The first-order valence-corrected chi connectivity index (χ1v) is 9.51. The van der Waals surface area contributed by atoms with Gasteiger partial charge in [0.25, 0.3) is 0 Å². The fourth-order valence-electron chi connectivity index (χ4n) is 3.44. The topological polar surface area (TPSA) is 207 Å². The lowest BCUT2D eigenvalue weighted by Gasteiger charge is -2.38. The zero-order valence-corrected chi connectivity index (χ0v) is 16.5. The van der Waals surface area contributed by atoms with Gasteiger partial charge in [0.15, 0.2) is 23.4 Å². The Kier molecular flexibility index (Phi) is 5.59. The quantitative estimate of drug-likeness (QED) is 0.253. The van der Waals surface area contributed by atoms with E-state index in [1.54, 1.807) is 30.3 Å². The maximum absolute atomic E-state index is 12.6. The number of carboxylic acid groups (broad SMARTS) is 1. The number of aromatic hydroxyl groups is 3. The number of rotatable bonds is 4. The van der Waals surface area contributed by atoms with Gasteiger partial charge in [0.05, 0.1) is 0 Å². The number of aliphatic carboxylic acids is 1. The first-order chi connectivity index (χ1) is 15.6. The highest BCUT2D eigenvalue weighted by atomic mass is 16.7. The molecule has 2 aromatic carbocycles. The van der Waals surface area contributed by atoms with Crippen LogP contribution in [0.2, 0.25) is 0 Å². The second-order valence-corrected chi connectivity index (χ2v) is 7.27. The Morgan fingerprint density at radius 1 is 0.909 bits per heavy atom. The van der Waals surface area contributed by atoms with Crippen molar-refractivity contribution in [3.05, 3.63) is 46.6 Å². The number of phenols is 2. The van der Waals surface area contributed by atoms with Crippen LogP contribution in [0.15, 0.2) is 45.6 Å². The van der Waals surface area contributed by atoms with Crippen molar-refractivity contribution in [2.45, 2.75) is 30.7 Å². The van der Waals surface area contributed by atoms with Crippen molar-refractivity contribution < 1.29 is 54.4 Å². The van der Waals surface area contributed by atoms with E-state index in [0.29, 0.717) is 5.56 Å². The standard InChI is InChI=1S/C21H18O12/c22-11-9(32-21-17(28)14(25)16(27)19(33-21)20(29)30)6-8-10(12(11)23)13(24)15(26)18(31-8)7-4-2-1-3-5-7/h1-6,14,16-17,19,21-23,25-28H,(H,29,30)/t14-,16-,17+,19-,21?/m0/s1. The number of aliphatic hydroxyl groups is 3. The monoisotopic (exact) mass is 462 g/mol. The molecule has 0 amide bonds. The third-order valence-electron chi connectivity index (χ3n) is 5.16. The number of carboxylic acids is 1. The molecule has 33 heavy (non-hydrogen) atoms. The molecule has 3 aromatic rings. The summed E-state index contributed by atoms with van der Waals surface area (Å²) in [6.45, 7) is 0. The maximum atomic E-state index is 12.6. The van der Waals surface area contributed by atoms with Gasteiger partial charge in [-0.05, 0) is 0 Å². The van der Waals surface area contributed by atoms with Crippen molar-refractivity contribution in [3.63, 3.8) is 0 Å². The summed E-state index contributed by atoms with van der Waals surface area (Å²) in [5, 5.41) is 69.3. The molecular formula is C21H18O12. The smallest absolute Gasteiger partial charge is 0.335 e. The van der Waals surface area contributed by atoms with Gasteiger partial charge in [-0.15, -0.1) is 0 Å². The zero-order chi connectivity index (χ0) is 24.0. The van der Waals surface area contributed by atoms with Gasteiger partial charge in [-0.2, -0.15) is 0 Å². The lowest BCUT2D eigenvalue weighted by Crippen LogP contribution is -2.61. The van der Waals surface area contributed by atoms with Crippen LogP contribution < -0.4 is 10.2 Å². The Balaban J connectivity index is 1.80. The number of fused-ring (bicyclic) bond motifs is 1. The van der Waals surface area contributed by atoms with Gasteiger partial charge in [0.2, 0.25) is 23.2 Å². The predicted molar refractivity (Wildman–Crippen MR) is 108 cm³/mol. The van der Waals surface area contributed by atoms with E-state index in [9.17, 15) is 40.2 Å². The van der Waals surface area contributed by atoms with Gasteiger partial charge in [0.1, 0.15) is 29.3 Å². The molecule has 4 rings (SSSR count). The molecule has 0 spiro atoms. The van der Waals surface area contributed by atoms with Crippen LogP contribution in [0.4, 0.5) is 0 Å². The number of hydrogen-bond acceptors (Lipinski definition) is 11. The van der Waals surface area contributed by atoms with Crippen LogP contribution >= 0.6 is 0 Å². The van der Waals surface area contributed by atoms with Crippen LogP contribution in [0, 0.1) is 0 Å². The fourth-order valence-corrected chi connectivity index (χ4v) is 3.44. The molecule has 12 nitrogen and oxygen atoms in total. The van der Waals surface area contributed by atoms with Crippen molar-refractivity contribution in [2.75, 3.05) is 0 Å². The largest absolute Gasteiger partial charge is 0.504 e. The zero-order valence-electron chi connectivity index (χ0n) is 16.5. The first-order valence-electron chi connectivity index (χ1n) is 9.51. The Bertz CT molecular complexity index is 1270. The Hall–Kier alpha value is -3.84. The van der Waals surface area contributed by atoms with E-state index in [1.807, 2.05) is 0 Å². The van der Waals surface area contributed by atoms with E-state index in [0.717, 1.165) is 6.07 Å². The van der Waals surface area contributed by atoms with E-state index in [1.165, 1.54) is 0 Å². The number of carbonyl (C=O) groups is 1. The molecular weight excluding hydrogens is 444 g/mol. The summed E-state index contributed by atoms with van der Waals surface area (Å²) in [5.74, 6) is -5.34. The molecule has 1 unspecified atom stereocenters. The summed E-state index contributed by atoms with van der Waals surface area (Å²) < 4.78 is 15.8. The Labute approximate surface area is 183 Å². The summed E-state index contributed by atoms with van der Waals surface area (Å²) >= 11 is 0. The average molecular weight is 462 g/mol. The van der Waals surface area contributed by atoms with Gasteiger partial charge >= 0.3 is 5.97 Å². The summed E-state index contributed by atoms with van der Waals surface area (Å²) in [6.07, 6.45) is -9.75. The van der Waals surface area contributed by atoms with Crippen LogP contribution in [0.5, 0.6) is 23.0 Å². The van der Waals surface area contributed by atoms with Crippen LogP contribution in [0.25, 0.3) is 22.3 Å². The number of phenolic OH excluding ortho intramolecular Hbond substituents is 2. The summed E-state index contributed by atoms with van der Waals surface area (Å²) in [4.78, 5) is 23.9. The summed E-state index contributed by atoms with van der Waals surface area (Å²) in [6, 6.07) is 8.99. The van der Waals surface area contributed by atoms with Crippen LogP contribution in [0.1, 0.15) is 0 Å². The van der Waals surface area contributed by atoms with Gasteiger partial charge in [0, 0.05) is 11.6 Å². The molecule has 1 fully saturated rings. The molecule has 7 N–H and O–H groups in total. The van der Waals surface area contributed by atoms with Gasteiger partial charge in [-0.3, -0.25) is 4.79 Å². The number of ether oxygens (including phenoxy) is 2. The molecule has 1 aromatic heterocycles. The molecule has 2 heterocycles. The van der Waals surface area contributed by atoms with Gasteiger partial charge in [-0.25, -0.2) is 4.79 Å². The molecule has 174 valence electrons.